The van der Waals surface area contributed by atoms with Gasteiger partial charge in [-0.15, -0.1) is 11.8 Å². The number of esters is 3. The van der Waals surface area contributed by atoms with Gasteiger partial charge in [-0.2, -0.15) is 0 Å². The van der Waals surface area contributed by atoms with Gasteiger partial charge < -0.3 is 19.3 Å². The van der Waals surface area contributed by atoms with E-state index < -0.39 is 40.8 Å². The van der Waals surface area contributed by atoms with Crippen LogP contribution < -0.4 is 0 Å². The second-order valence-electron chi connectivity index (χ2n) is 9.00. The molecule has 0 radical (unpaired) electrons. The van der Waals surface area contributed by atoms with Gasteiger partial charge in [-0.1, -0.05) is 53.1 Å². The summed E-state index contributed by atoms with van der Waals surface area (Å²) in [6.07, 6.45) is -2.20. The van der Waals surface area contributed by atoms with Crippen LogP contribution in [0.25, 0.3) is 0 Å². The largest absolute Gasteiger partial charge is 0.461 e. The van der Waals surface area contributed by atoms with E-state index in [1.165, 1.54) is 0 Å². The van der Waals surface area contributed by atoms with E-state index in [4.69, 9.17) is 14.2 Å². The summed E-state index contributed by atoms with van der Waals surface area (Å²) in [6.45, 7) is 5.56. The van der Waals surface area contributed by atoms with E-state index in [9.17, 15) is 19.5 Å². The summed E-state index contributed by atoms with van der Waals surface area (Å²) >= 11 is 1.02. The number of aliphatic hydroxyl groups excluding tert-OH is 1. The molecule has 1 aliphatic heterocycles. The maximum absolute atomic E-state index is 12.9. The van der Waals surface area contributed by atoms with Crippen molar-refractivity contribution in [3.63, 3.8) is 0 Å². The van der Waals surface area contributed by atoms with Gasteiger partial charge in [-0.3, -0.25) is 0 Å². The minimum atomic E-state index is -1.19. The smallest absolute Gasteiger partial charge is 0.338 e. The highest BCUT2D eigenvalue weighted by Gasteiger charge is 2.49. The molecule has 37 heavy (non-hydrogen) atoms. The highest BCUT2D eigenvalue weighted by molar-refractivity contribution is 8.00. The van der Waals surface area contributed by atoms with Gasteiger partial charge in [0.2, 0.25) is 0 Å². The van der Waals surface area contributed by atoms with Crippen LogP contribution in [0.2, 0.25) is 0 Å². The third kappa shape index (κ3) is 6.58. The molecular formula is C29H28O7S. The van der Waals surface area contributed by atoms with Crippen LogP contribution in [0.15, 0.2) is 72.8 Å². The molecule has 0 aliphatic carbocycles. The number of ether oxygens (including phenoxy) is 3. The fourth-order valence-corrected chi connectivity index (χ4v) is 5.04. The molecule has 0 bridgehead atoms. The first-order valence-corrected chi connectivity index (χ1v) is 12.8. The Balaban J connectivity index is 1.52. The molecule has 0 aromatic heterocycles. The fraction of sp³-hybridized carbons (Fsp3) is 0.276. The van der Waals surface area contributed by atoms with Crippen molar-refractivity contribution in [2.75, 3.05) is 6.61 Å². The van der Waals surface area contributed by atoms with Crippen LogP contribution in [-0.4, -0.2) is 52.5 Å². The van der Waals surface area contributed by atoms with Gasteiger partial charge in [0.05, 0.1) is 21.9 Å². The van der Waals surface area contributed by atoms with Crippen molar-refractivity contribution < 1.29 is 33.7 Å². The minimum Gasteiger partial charge on any atom is -0.461 e. The lowest BCUT2D eigenvalue weighted by atomic mass is 10.1. The number of rotatable bonds is 7. The minimum absolute atomic E-state index is 0.154. The maximum atomic E-state index is 12.9. The van der Waals surface area contributed by atoms with E-state index in [0.29, 0.717) is 16.7 Å². The predicted octanol–water partition coefficient (Wildman–Crippen LogP) is 4.65. The van der Waals surface area contributed by atoms with Gasteiger partial charge in [0, 0.05) is 0 Å². The number of hydrogen-bond donors (Lipinski definition) is 1. The Morgan fingerprint density at radius 3 is 1.46 bits per heavy atom. The van der Waals surface area contributed by atoms with Gasteiger partial charge in [-0.05, 0) is 57.2 Å². The quantitative estimate of drug-likeness (QED) is 0.355. The van der Waals surface area contributed by atoms with Gasteiger partial charge in [0.25, 0.3) is 0 Å². The first kappa shape index (κ1) is 26.4. The van der Waals surface area contributed by atoms with Crippen molar-refractivity contribution in [2.24, 2.45) is 0 Å². The molecule has 0 amide bonds. The summed E-state index contributed by atoms with van der Waals surface area (Å²) in [5, 5.41) is 10.1. The van der Waals surface area contributed by atoms with E-state index in [-0.39, 0.29) is 6.61 Å². The Morgan fingerprint density at radius 1 is 0.649 bits per heavy atom. The monoisotopic (exact) mass is 520 g/mol. The van der Waals surface area contributed by atoms with Crippen molar-refractivity contribution in [2.45, 2.75) is 43.7 Å². The molecule has 1 aliphatic rings. The molecule has 1 unspecified atom stereocenters. The third-order valence-corrected chi connectivity index (χ3v) is 7.31. The van der Waals surface area contributed by atoms with E-state index in [1.54, 1.807) is 72.8 Å². The zero-order chi connectivity index (χ0) is 26.5. The van der Waals surface area contributed by atoms with Crippen molar-refractivity contribution in [1.29, 1.82) is 0 Å². The number of carbonyl (C=O) groups is 3. The predicted molar refractivity (Wildman–Crippen MR) is 140 cm³/mol. The van der Waals surface area contributed by atoms with Crippen LogP contribution in [0.5, 0.6) is 0 Å². The molecular weight excluding hydrogens is 492 g/mol. The highest BCUT2D eigenvalue weighted by atomic mass is 32.2. The highest BCUT2D eigenvalue weighted by Crippen LogP contribution is 2.38. The lowest BCUT2D eigenvalue weighted by Crippen LogP contribution is -2.41. The normalized spacial score (nSPS) is 20.8. The number of hydrogen-bond acceptors (Lipinski definition) is 8. The van der Waals surface area contributed by atoms with E-state index >= 15 is 0 Å². The summed E-state index contributed by atoms with van der Waals surface area (Å²) in [5.74, 6) is -1.83. The molecule has 3 aromatic rings. The molecule has 192 valence electrons. The second-order valence-corrected chi connectivity index (χ2v) is 10.4. The number of aryl methyl sites for hydroxylation is 3. The standard InChI is InChI=1S/C29H28O7S/c1-17-4-10-20(11-5-17)26(30)34-16-23-24(35-27(31)21-12-6-18(2)7-13-21)25(29(33)37-23)36-28(32)22-14-8-19(3)9-15-22/h4-15,23-25,29,33H,16H2,1-3H3/t23-,24+,25+,29?/m1/s1. The number of aliphatic hydroxyl groups is 1. The molecule has 4 rings (SSSR count). The lowest BCUT2D eigenvalue weighted by Gasteiger charge is -2.24. The van der Waals surface area contributed by atoms with Gasteiger partial charge in [0.1, 0.15) is 12.0 Å². The molecule has 8 heteroatoms. The topological polar surface area (TPSA) is 99.1 Å². The van der Waals surface area contributed by atoms with Crippen molar-refractivity contribution in [1.82, 2.24) is 0 Å². The molecule has 1 heterocycles. The molecule has 1 N–H and O–H groups in total. The summed E-state index contributed by atoms with van der Waals surface area (Å²) in [4.78, 5) is 38.3. The Morgan fingerprint density at radius 2 is 1.03 bits per heavy atom. The molecule has 0 spiro atoms. The number of carbonyl (C=O) groups excluding carboxylic acids is 3. The average Bonchev–Trinajstić information content (AvgIpc) is 3.17. The van der Waals surface area contributed by atoms with Crippen molar-refractivity contribution in [3.05, 3.63) is 106 Å². The van der Waals surface area contributed by atoms with Gasteiger partial charge in [-0.25, -0.2) is 14.4 Å². The second kappa shape index (κ2) is 11.6. The Labute approximate surface area is 219 Å². The Kier molecular flexibility index (Phi) is 8.31. The fourth-order valence-electron chi connectivity index (χ4n) is 3.80. The average molecular weight is 521 g/mol. The van der Waals surface area contributed by atoms with Gasteiger partial charge >= 0.3 is 17.9 Å². The zero-order valence-corrected chi connectivity index (χ0v) is 21.6. The molecule has 7 nitrogen and oxygen atoms in total. The number of benzene rings is 3. The molecule has 3 aromatic carbocycles. The SMILES string of the molecule is Cc1ccc(C(=O)OC[C@H]2SC(O)[C@@H](OC(=O)c3ccc(C)cc3)[C@H]2OC(=O)c2ccc(C)cc2)cc1. The maximum Gasteiger partial charge on any atom is 0.338 e. The lowest BCUT2D eigenvalue weighted by molar-refractivity contribution is -0.0557. The van der Waals surface area contributed by atoms with E-state index in [1.807, 2.05) is 20.8 Å². The number of thioether (sulfide) groups is 1. The summed E-state index contributed by atoms with van der Waals surface area (Å²) in [7, 11) is 0. The first-order chi connectivity index (χ1) is 17.7. The summed E-state index contributed by atoms with van der Waals surface area (Å²) < 4.78 is 16.9. The van der Waals surface area contributed by atoms with Crippen LogP contribution in [0.1, 0.15) is 47.8 Å². The van der Waals surface area contributed by atoms with Crippen LogP contribution in [0.4, 0.5) is 0 Å². The third-order valence-electron chi connectivity index (χ3n) is 6.01. The molecule has 1 fully saturated rings. The van der Waals surface area contributed by atoms with E-state index in [2.05, 4.69) is 0 Å². The van der Waals surface area contributed by atoms with Crippen molar-refractivity contribution >= 4 is 29.7 Å². The summed E-state index contributed by atoms with van der Waals surface area (Å²) in [5.41, 5.74) is 2.78. The first-order valence-electron chi connectivity index (χ1n) is 11.8. The molecule has 4 atom stereocenters. The van der Waals surface area contributed by atoms with Crippen LogP contribution >= 0.6 is 11.8 Å². The Bertz CT molecular complexity index is 1250. The van der Waals surface area contributed by atoms with Crippen molar-refractivity contribution in [3.8, 4) is 0 Å². The van der Waals surface area contributed by atoms with Crippen LogP contribution in [-0.2, 0) is 14.2 Å². The molecule has 1 saturated heterocycles. The van der Waals surface area contributed by atoms with Crippen LogP contribution in [0, 0.1) is 20.8 Å². The summed E-state index contributed by atoms with van der Waals surface area (Å²) in [6, 6.07) is 20.6. The Hall–Kier alpha value is -3.62. The van der Waals surface area contributed by atoms with E-state index in [0.717, 1.165) is 28.5 Å². The van der Waals surface area contributed by atoms with Crippen LogP contribution in [0.3, 0.4) is 0 Å². The zero-order valence-electron chi connectivity index (χ0n) is 20.7. The van der Waals surface area contributed by atoms with Gasteiger partial charge in [0.15, 0.2) is 12.2 Å². The molecule has 0 saturated carbocycles.